The van der Waals surface area contributed by atoms with Gasteiger partial charge in [0.1, 0.15) is 11.1 Å². The molecule has 114 valence electrons. The second-order valence-electron chi connectivity index (χ2n) is 5.26. The van der Waals surface area contributed by atoms with Crippen molar-refractivity contribution in [2.75, 3.05) is 17.3 Å². The largest absolute Gasteiger partial charge is 0.320 e. The normalized spacial score (nSPS) is 15.7. The maximum atomic E-state index is 12.1. The molecule has 2 rings (SSSR count). The fourth-order valence-corrected chi connectivity index (χ4v) is 4.26. The summed E-state index contributed by atoms with van der Waals surface area (Å²) in [5.74, 6) is 0.678. The number of nitrogens with two attached hydrogens (primary N) is 1. The van der Waals surface area contributed by atoms with Gasteiger partial charge in [0, 0.05) is 4.88 Å². The molecule has 1 aromatic heterocycles. The third-order valence-corrected chi connectivity index (χ3v) is 5.59. The highest BCUT2D eigenvalue weighted by molar-refractivity contribution is 7.98. The van der Waals surface area contributed by atoms with Crippen molar-refractivity contribution >= 4 is 34.0 Å². The van der Waals surface area contributed by atoms with Crippen molar-refractivity contribution in [3.05, 3.63) is 16.0 Å². The maximum absolute atomic E-state index is 12.1. The minimum Gasteiger partial charge on any atom is -0.320 e. The molecule has 21 heavy (non-hydrogen) atoms. The number of fused-ring (bicyclic) bond motifs is 1. The van der Waals surface area contributed by atoms with Gasteiger partial charge in [0.05, 0.1) is 11.6 Å². The van der Waals surface area contributed by atoms with Crippen LogP contribution < -0.4 is 11.1 Å². The van der Waals surface area contributed by atoms with E-state index in [1.807, 2.05) is 6.26 Å². The number of rotatable bonds is 5. The number of hydrogen-bond donors (Lipinski definition) is 2. The fraction of sp³-hybridized carbons (Fsp3) is 0.600. The molecule has 1 aliphatic rings. The number of carbonyl (C=O) groups is 1. The molecule has 0 aliphatic heterocycles. The van der Waals surface area contributed by atoms with E-state index in [0.29, 0.717) is 17.0 Å². The van der Waals surface area contributed by atoms with E-state index in [1.165, 1.54) is 17.7 Å². The first-order valence-corrected chi connectivity index (χ1v) is 9.48. The highest BCUT2D eigenvalue weighted by Crippen LogP contribution is 2.37. The smallest absolute Gasteiger partial charge is 0.241 e. The number of nitriles is 1. The first-order chi connectivity index (χ1) is 10.2. The van der Waals surface area contributed by atoms with Crippen LogP contribution >= 0.6 is 23.1 Å². The quantitative estimate of drug-likeness (QED) is 0.817. The lowest BCUT2D eigenvalue weighted by Gasteiger charge is -2.10. The zero-order valence-electron chi connectivity index (χ0n) is 12.3. The monoisotopic (exact) mass is 323 g/mol. The minimum atomic E-state index is -0.508. The van der Waals surface area contributed by atoms with E-state index < -0.39 is 6.04 Å². The molecule has 1 atom stereocenters. The Balaban J connectivity index is 2.13. The van der Waals surface area contributed by atoms with Crippen molar-refractivity contribution < 1.29 is 4.79 Å². The van der Waals surface area contributed by atoms with E-state index in [2.05, 4.69) is 11.4 Å². The van der Waals surface area contributed by atoms with Gasteiger partial charge in [-0.3, -0.25) is 4.79 Å². The van der Waals surface area contributed by atoms with Crippen LogP contribution in [0.25, 0.3) is 0 Å². The summed E-state index contributed by atoms with van der Waals surface area (Å²) >= 11 is 3.23. The van der Waals surface area contributed by atoms with Crippen LogP contribution in [-0.2, 0) is 17.6 Å². The molecule has 6 heteroatoms. The van der Waals surface area contributed by atoms with Crippen LogP contribution in [0.5, 0.6) is 0 Å². The molecule has 0 fully saturated rings. The number of aryl methyl sites for hydroxylation is 1. The number of nitrogens with zero attached hydrogens (tertiary/aromatic N) is 1. The molecule has 0 bridgehead atoms. The summed E-state index contributed by atoms with van der Waals surface area (Å²) in [5.41, 5.74) is 7.69. The van der Waals surface area contributed by atoms with E-state index in [1.54, 1.807) is 23.1 Å². The Kier molecular flexibility index (Phi) is 6.09. The van der Waals surface area contributed by atoms with Gasteiger partial charge in [0.15, 0.2) is 0 Å². The zero-order valence-corrected chi connectivity index (χ0v) is 13.9. The molecule has 4 nitrogen and oxygen atoms in total. The van der Waals surface area contributed by atoms with E-state index in [0.717, 1.165) is 30.6 Å². The third-order valence-electron chi connectivity index (χ3n) is 3.74. The SMILES string of the molecule is CSCC[C@H](N)C(=O)Nc1sc2c(c1C#N)CCCCC2. The summed E-state index contributed by atoms with van der Waals surface area (Å²) in [6.45, 7) is 0. The standard InChI is InChI=1S/C15H21N3OS2/c1-20-8-7-12(17)14(19)18-15-11(9-16)10-5-3-2-4-6-13(10)21-15/h12H,2-8,17H2,1H3,(H,18,19)/t12-/m0/s1. The van der Waals surface area contributed by atoms with Crippen LogP contribution in [0.15, 0.2) is 0 Å². The van der Waals surface area contributed by atoms with Gasteiger partial charge >= 0.3 is 0 Å². The number of thioether (sulfide) groups is 1. The first-order valence-electron chi connectivity index (χ1n) is 7.27. The number of nitrogens with one attached hydrogen (secondary N) is 1. The van der Waals surface area contributed by atoms with Crippen molar-refractivity contribution in [3.8, 4) is 6.07 Å². The fourth-order valence-electron chi connectivity index (χ4n) is 2.53. The van der Waals surface area contributed by atoms with Crippen molar-refractivity contribution in [3.63, 3.8) is 0 Å². The van der Waals surface area contributed by atoms with Crippen molar-refractivity contribution in [1.82, 2.24) is 0 Å². The van der Waals surface area contributed by atoms with Crippen LogP contribution in [0.2, 0.25) is 0 Å². The zero-order chi connectivity index (χ0) is 15.2. The van der Waals surface area contributed by atoms with Gasteiger partial charge in [-0.25, -0.2) is 0 Å². The second kappa shape index (κ2) is 7.83. The Morgan fingerprint density at radius 3 is 2.95 bits per heavy atom. The van der Waals surface area contributed by atoms with E-state index in [9.17, 15) is 10.1 Å². The summed E-state index contributed by atoms with van der Waals surface area (Å²) in [6, 6.07) is 1.76. The van der Waals surface area contributed by atoms with Crippen LogP contribution in [0.4, 0.5) is 5.00 Å². The number of amides is 1. The number of thiophene rings is 1. The summed E-state index contributed by atoms with van der Waals surface area (Å²) in [5, 5.41) is 13.0. The Labute approximate surface area is 134 Å². The van der Waals surface area contributed by atoms with Crippen LogP contribution in [-0.4, -0.2) is 24.0 Å². The molecular formula is C15H21N3OS2. The molecule has 1 amide bonds. The predicted molar refractivity (Wildman–Crippen MR) is 89.9 cm³/mol. The molecule has 0 radical (unpaired) electrons. The topological polar surface area (TPSA) is 78.9 Å². The lowest BCUT2D eigenvalue weighted by Crippen LogP contribution is -2.36. The highest BCUT2D eigenvalue weighted by Gasteiger charge is 2.22. The van der Waals surface area contributed by atoms with Crippen molar-refractivity contribution in [2.45, 2.75) is 44.6 Å². The van der Waals surface area contributed by atoms with Gasteiger partial charge in [-0.15, -0.1) is 11.3 Å². The molecule has 1 heterocycles. The van der Waals surface area contributed by atoms with Gasteiger partial charge in [-0.05, 0) is 49.7 Å². The molecule has 1 aromatic rings. The number of anilines is 1. The summed E-state index contributed by atoms with van der Waals surface area (Å²) in [4.78, 5) is 13.4. The van der Waals surface area contributed by atoms with E-state index in [4.69, 9.17) is 5.73 Å². The van der Waals surface area contributed by atoms with E-state index in [-0.39, 0.29) is 5.91 Å². The average molecular weight is 323 g/mol. The molecule has 0 saturated heterocycles. The van der Waals surface area contributed by atoms with Gasteiger partial charge in [-0.2, -0.15) is 17.0 Å². The van der Waals surface area contributed by atoms with Crippen LogP contribution in [0.1, 0.15) is 41.7 Å². The predicted octanol–water partition coefficient (Wildman–Crippen LogP) is 2.91. The average Bonchev–Trinajstić information content (AvgIpc) is 2.65. The Bertz CT molecular complexity index is 548. The first kappa shape index (κ1) is 16.3. The lowest BCUT2D eigenvalue weighted by molar-refractivity contribution is -0.117. The van der Waals surface area contributed by atoms with Crippen LogP contribution in [0.3, 0.4) is 0 Å². The molecule has 0 spiro atoms. The van der Waals surface area contributed by atoms with E-state index >= 15 is 0 Å². The Hall–Kier alpha value is -1.03. The molecule has 0 saturated carbocycles. The molecular weight excluding hydrogens is 302 g/mol. The summed E-state index contributed by atoms with van der Waals surface area (Å²) < 4.78 is 0. The lowest BCUT2D eigenvalue weighted by atomic mass is 10.1. The summed E-state index contributed by atoms with van der Waals surface area (Å²) in [7, 11) is 0. The van der Waals surface area contributed by atoms with Crippen molar-refractivity contribution in [1.29, 1.82) is 5.26 Å². The van der Waals surface area contributed by atoms with Gasteiger partial charge in [0.2, 0.25) is 5.91 Å². The Morgan fingerprint density at radius 2 is 2.24 bits per heavy atom. The maximum Gasteiger partial charge on any atom is 0.241 e. The second-order valence-corrected chi connectivity index (χ2v) is 7.35. The van der Waals surface area contributed by atoms with Gasteiger partial charge in [-0.1, -0.05) is 6.42 Å². The van der Waals surface area contributed by atoms with Gasteiger partial charge < -0.3 is 11.1 Å². The van der Waals surface area contributed by atoms with Gasteiger partial charge in [0.25, 0.3) is 0 Å². The number of carbonyl (C=O) groups excluding carboxylic acids is 1. The molecule has 0 unspecified atom stereocenters. The minimum absolute atomic E-state index is 0.183. The Morgan fingerprint density at radius 1 is 1.48 bits per heavy atom. The molecule has 1 aliphatic carbocycles. The molecule has 3 N–H and O–H groups in total. The molecule has 0 aromatic carbocycles. The van der Waals surface area contributed by atoms with Crippen LogP contribution in [0, 0.1) is 11.3 Å². The highest BCUT2D eigenvalue weighted by atomic mass is 32.2. The van der Waals surface area contributed by atoms with Crippen molar-refractivity contribution in [2.24, 2.45) is 5.73 Å². The summed E-state index contributed by atoms with van der Waals surface area (Å²) in [6.07, 6.45) is 8.12. The number of hydrogen-bond acceptors (Lipinski definition) is 5. The third kappa shape index (κ3) is 4.00.